The molecule has 6 rings (SSSR count). The quantitative estimate of drug-likeness (QED) is 0.0734. The molecule has 6 heteroatoms. The molecule has 245 valence electrons. The van der Waals surface area contributed by atoms with E-state index in [1.807, 2.05) is 33.8 Å². The van der Waals surface area contributed by atoms with Crippen molar-refractivity contribution in [1.82, 2.24) is 4.98 Å². The average molecular weight is 811 g/mol. The van der Waals surface area contributed by atoms with Crippen molar-refractivity contribution < 1.29 is 34.4 Å². The van der Waals surface area contributed by atoms with Gasteiger partial charge in [-0.1, -0.05) is 115 Å². The van der Waals surface area contributed by atoms with E-state index in [1.54, 1.807) is 0 Å². The number of fused-ring (bicyclic) bond motifs is 3. The summed E-state index contributed by atoms with van der Waals surface area (Å²) in [6, 6.07) is 22.9. The maximum atomic E-state index is 11.7. The molecule has 3 aromatic carbocycles. The number of nitrogens with zero attached hydrogens (tertiary/aromatic N) is 1. The van der Waals surface area contributed by atoms with Gasteiger partial charge < -0.3 is 9.52 Å². The Hall–Kier alpha value is -3.05. The number of furan rings is 1. The molecule has 1 aliphatic rings. The number of aromatic nitrogens is 1. The van der Waals surface area contributed by atoms with Crippen LogP contribution in [-0.2, 0) is 30.3 Å². The Morgan fingerprint density at radius 1 is 0.935 bits per heavy atom. The summed E-state index contributed by atoms with van der Waals surface area (Å²) >= 11 is 0. The second-order valence-corrected chi connectivity index (χ2v) is 19.0. The van der Waals surface area contributed by atoms with Crippen molar-refractivity contribution in [2.24, 2.45) is 11.8 Å². The minimum Gasteiger partial charge on any atom is -0.512 e. The Bertz CT molecular complexity index is 1910. The Morgan fingerprint density at radius 3 is 2.22 bits per heavy atom. The standard InChI is InChI=1S/C27H24NOSi.C13H24O2.Ir/c1-27(2)18-13-14-22(30(3,4)5)26-24(18)23-17(10-8-12-21(23)29-26)25-19(27)15-16-9-6-7-11-20(16)28-25;1-5-10(6-2)12(14)9-13(15)11(7-3)8-4;/h6-9,11-15H,1-5H3;9-11,14H,5-8H2,1-4H3;/q-1;;/b;12-9-;. The third-order valence-electron chi connectivity index (χ3n) is 9.78. The molecule has 0 amide bonds. The summed E-state index contributed by atoms with van der Waals surface area (Å²) < 4.78 is 6.55. The average Bonchev–Trinajstić information content (AvgIpc) is 3.37. The fourth-order valence-corrected chi connectivity index (χ4v) is 8.31. The second kappa shape index (κ2) is 14.0. The maximum absolute atomic E-state index is 11.7. The van der Waals surface area contributed by atoms with Gasteiger partial charge >= 0.3 is 0 Å². The monoisotopic (exact) mass is 811 g/mol. The predicted octanol–water partition coefficient (Wildman–Crippen LogP) is 10.7. The molecule has 0 fully saturated rings. The normalized spacial score (nSPS) is 13.9. The molecule has 5 aromatic rings. The molecule has 2 aromatic heterocycles. The number of carbonyl (C=O) groups is 1. The zero-order valence-electron chi connectivity index (χ0n) is 28.8. The Kier molecular flexibility index (Phi) is 10.9. The largest absolute Gasteiger partial charge is 0.512 e. The van der Waals surface area contributed by atoms with Gasteiger partial charge in [0, 0.05) is 43.4 Å². The molecule has 0 spiro atoms. The van der Waals surface area contributed by atoms with Gasteiger partial charge in [0.05, 0.1) is 24.9 Å². The SMILES string of the molecule is CC1(C)c2cc3ccccc3nc2-c2[c-]ccc3oc4c([Si](C)(C)C)ccc1c4c23.CCC(CC)C(=O)/C=C(\O)C(CC)CC.[Ir]. The summed E-state index contributed by atoms with van der Waals surface area (Å²) in [4.78, 5) is 16.9. The van der Waals surface area contributed by atoms with Crippen LogP contribution in [-0.4, -0.2) is 23.9 Å². The number of hydrogen-bond acceptors (Lipinski definition) is 4. The minimum absolute atomic E-state index is 0. The van der Waals surface area contributed by atoms with E-state index >= 15 is 0 Å². The number of hydrogen-bond donors (Lipinski definition) is 1. The van der Waals surface area contributed by atoms with Gasteiger partial charge in [0.25, 0.3) is 0 Å². The number of pyridine rings is 1. The number of rotatable bonds is 8. The molecule has 2 heterocycles. The molecular weight excluding hydrogens is 763 g/mol. The summed E-state index contributed by atoms with van der Waals surface area (Å²) in [5, 5.41) is 14.7. The molecule has 0 bridgehead atoms. The molecule has 0 atom stereocenters. The van der Waals surface area contributed by atoms with Crippen LogP contribution in [0.25, 0.3) is 44.1 Å². The Balaban J connectivity index is 0.000000259. The number of allylic oxidation sites excluding steroid dienone is 2. The van der Waals surface area contributed by atoms with E-state index in [2.05, 4.69) is 88.1 Å². The second-order valence-electron chi connectivity index (χ2n) is 14.0. The first kappa shape index (κ1) is 35.8. The molecular formula is C40H48IrNO3Si-. The van der Waals surface area contributed by atoms with Crippen molar-refractivity contribution in [3.05, 3.63) is 83.6 Å². The van der Waals surface area contributed by atoms with Gasteiger partial charge in [0.2, 0.25) is 0 Å². The smallest absolute Gasteiger partial charge is 0.162 e. The van der Waals surface area contributed by atoms with E-state index in [-0.39, 0.29) is 48.9 Å². The van der Waals surface area contributed by atoms with Crippen LogP contribution < -0.4 is 5.19 Å². The molecule has 1 aliphatic carbocycles. The van der Waals surface area contributed by atoms with Gasteiger partial charge in [-0.2, -0.15) is 0 Å². The first-order chi connectivity index (χ1) is 21.4. The third kappa shape index (κ3) is 6.41. The Morgan fingerprint density at radius 2 is 1.59 bits per heavy atom. The van der Waals surface area contributed by atoms with Gasteiger partial charge in [-0.25, -0.2) is 0 Å². The number of aliphatic hydroxyl groups excluding tert-OH is 1. The molecule has 0 saturated heterocycles. The summed E-state index contributed by atoms with van der Waals surface area (Å²) in [6.07, 6.45) is 4.91. The van der Waals surface area contributed by atoms with Crippen LogP contribution >= 0.6 is 0 Å². The van der Waals surface area contributed by atoms with Crippen molar-refractivity contribution in [2.45, 2.75) is 92.3 Å². The van der Waals surface area contributed by atoms with E-state index in [0.29, 0.717) is 0 Å². The van der Waals surface area contributed by atoms with Gasteiger partial charge in [-0.3, -0.25) is 9.78 Å². The molecule has 0 aliphatic heterocycles. The minimum atomic E-state index is -1.58. The number of aliphatic hydroxyl groups is 1. The maximum Gasteiger partial charge on any atom is 0.162 e. The predicted molar refractivity (Wildman–Crippen MR) is 192 cm³/mol. The molecule has 0 unspecified atom stereocenters. The van der Waals surface area contributed by atoms with Crippen LogP contribution in [0.3, 0.4) is 0 Å². The molecule has 1 N–H and O–H groups in total. The first-order valence-electron chi connectivity index (χ1n) is 16.6. The van der Waals surface area contributed by atoms with Crippen molar-refractivity contribution in [3.8, 4) is 11.3 Å². The Labute approximate surface area is 289 Å². The third-order valence-corrected chi connectivity index (χ3v) is 11.8. The summed E-state index contributed by atoms with van der Waals surface area (Å²) in [7, 11) is -1.58. The van der Waals surface area contributed by atoms with Crippen LogP contribution in [0.1, 0.15) is 78.4 Å². The number of para-hydroxylation sites is 1. The van der Waals surface area contributed by atoms with Gasteiger partial charge in [-0.05, 0) is 59.0 Å². The molecule has 46 heavy (non-hydrogen) atoms. The fourth-order valence-electron chi connectivity index (χ4n) is 6.87. The van der Waals surface area contributed by atoms with Crippen molar-refractivity contribution in [3.63, 3.8) is 0 Å². The van der Waals surface area contributed by atoms with E-state index in [1.165, 1.54) is 33.2 Å². The zero-order chi connectivity index (χ0) is 32.7. The van der Waals surface area contributed by atoms with Crippen LogP contribution in [0.5, 0.6) is 0 Å². The van der Waals surface area contributed by atoms with E-state index < -0.39 is 8.07 Å². The molecule has 0 saturated carbocycles. The molecule has 4 nitrogen and oxygen atoms in total. The zero-order valence-corrected chi connectivity index (χ0v) is 32.2. The summed E-state index contributed by atoms with van der Waals surface area (Å²) in [5.74, 6) is 0.547. The fraction of sp³-hybridized carbons (Fsp3) is 0.400. The van der Waals surface area contributed by atoms with Crippen molar-refractivity contribution in [1.29, 1.82) is 0 Å². The van der Waals surface area contributed by atoms with Gasteiger partial charge in [-0.15, -0.1) is 17.7 Å². The van der Waals surface area contributed by atoms with Gasteiger partial charge in [0.1, 0.15) is 5.58 Å². The first-order valence-corrected chi connectivity index (χ1v) is 20.1. The molecule has 1 radical (unpaired) electrons. The van der Waals surface area contributed by atoms with E-state index in [4.69, 9.17) is 9.40 Å². The van der Waals surface area contributed by atoms with Crippen LogP contribution in [0, 0.1) is 17.9 Å². The van der Waals surface area contributed by atoms with Gasteiger partial charge in [0.15, 0.2) is 5.78 Å². The van der Waals surface area contributed by atoms with Crippen molar-refractivity contribution in [2.75, 3.05) is 0 Å². The van der Waals surface area contributed by atoms with Crippen LogP contribution in [0.15, 0.2) is 70.8 Å². The topological polar surface area (TPSA) is 63.3 Å². The summed E-state index contributed by atoms with van der Waals surface area (Å²) in [6.45, 7) is 19.9. The van der Waals surface area contributed by atoms with Crippen molar-refractivity contribution >= 4 is 51.9 Å². The number of carbonyl (C=O) groups excluding carboxylic acids is 1. The number of ketones is 1. The summed E-state index contributed by atoms with van der Waals surface area (Å²) in [5.41, 5.74) is 7.47. The van der Waals surface area contributed by atoms with Crippen LogP contribution in [0.4, 0.5) is 0 Å². The van der Waals surface area contributed by atoms with Crippen LogP contribution in [0.2, 0.25) is 19.6 Å². The number of benzene rings is 3. The van der Waals surface area contributed by atoms with E-state index in [9.17, 15) is 9.90 Å². The van der Waals surface area contributed by atoms with E-state index in [0.717, 1.165) is 59.0 Å².